The Hall–Kier alpha value is -8.28. The average Bonchev–Trinajstić information content (AvgIpc) is 3.72. The summed E-state index contributed by atoms with van der Waals surface area (Å²) in [7, 11) is 0. The van der Waals surface area contributed by atoms with Gasteiger partial charge in [-0.2, -0.15) is 0 Å². The Kier molecular flexibility index (Phi) is 9.10. The smallest absolute Gasteiger partial charge is 0.160 e. The molecule has 0 aliphatic rings. The maximum atomic E-state index is 6.45. The lowest BCUT2D eigenvalue weighted by molar-refractivity contribution is 0.669. The van der Waals surface area contributed by atoms with Gasteiger partial charge in [0.15, 0.2) is 11.6 Å². The Labute approximate surface area is 353 Å². The molecular formula is C56H36N4O. The van der Waals surface area contributed by atoms with E-state index in [1.54, 1.807) is 0 Å². The third kappa shape index (κ3) is 7.04. The second kappa shape index (κ2) is 15.5. The van der Waals surface area contributed by atoms with Crippen LogP contribution < -0.4 is 0 Å². The fourth-order valence-corrected chi connectivity index (χ4v) is 8.03. The SMILES string of the molecule is c1ccc(-c2cc(-c3ccc(-c4cc5c(cc4-c4ccc(-c6nc(-c7ccccc7)cc(-c7ccccc7)n6)cc4)oc4ccccc45)cc3)nc(-c3ccccc3)n2)cc1. The van der Waals surface area contributed by atoms with Gasteiger partial charge in [0.1, 0.15) is 11.2 Å². The van der Waals surface area contributed by atoms with Crippen molar-refractivity contribution >= 4 is 21.9 Å². The van der Waals surface area contributed by atoms with Crippen LogP contribution >= 0.6 is 0 Å². The number of hydrogen-bond donors (Lipinski definition) is 0. The largest absolute Gasteiger partial charge is 0.456 e. The van der Waals surface area contributed by atoms with Gasteiger partial charge in [0, 0.05) is 44.2 Å². The van der Waals surface area contributed by atoms with Gasteiger partial charge in [0.2, 0.25) is 0 Å². The van der Waals surface area contributed by atoms with Crippen molar-refractivity contribution in [3.8, 4) is 90.1 Å². The highest BCUT2D eigenvalue weighted by atomic mass is 16.3. The standard InChI is InChI=1S/C56H36N4O/c1-5-15-39(16-6-1)49-35-50(40-17-7-2-8-18-40)59-56(58-49)44-31-27-38(28-32-44)47-34-54-48(45-23-13-14-24-53(45)61-54)33-46(47)37-25-29-42(30-26-37)52-36-51(41-19-9-3-10-20-41)57-55(60-52)43-21-11-4-12-22-43/h1-36H. The summed E-state index contributed by atoms with van der Waals surface area (Å²) >= 11 is 0. The molecule has 0 atom stereocenters. The molecule has 11 rings (SSSR count). The fourth-order valence-electron chi connectivity index (χ4n) is 8.03. The minimum absolute atomic E-state index is 0.672. The molecule has 0 saturated heterocycles. The number of rotatable bonds is 8. The monoisotopic (exact) mass is 780 g/mol. The van der Waals surface area contributed by atoms with Gasteiger partial charge >= 0.3 is 0 Å². The second-order valence-electron chi connectivity index (χ2n) is 15.0. The molecule has 0 aliphatic carbocycles. The van der Waals surface area contributed by atoms with Crippen LogP contribution in [0.1, 0.15) is 0 Å². The summed E-state index contributed by atoms with van der Waals surface area (Å²) in [5.74, 6) is 1.36. The Morgan fingerprint density at radius 1 is 0.246 bits per heavy atom. The van der Waals surface area contributed by atoms with E-state index in [1.807, 2.05) is 84.9 Å². The first-order valence-electron chi connectivity index (χ1n) is 20.4. The number of furan rings is 1. The molecule has 0 amide bonds. The highest BCUT2D eigenvalue weighted by Crippen LogP contribution is 2.41. The molecule has 5 nitrogen and oxygen atoms in total. The van der Waals surface area contributed by atoms with Crippen LogP contribution in [0.4, 0.5) is 0 Å². The molecule has 0 aliphatic heterocycles. The van der Waals surface area contributed by atoms with E-state index >= 15 is 0 Å². The second-order valence-corrected chi connectivity index (χ2v) is 15.0. The van der Waals surface area contributed by atoms with Crippen LogP contribution in [0.5, 0.6) is 0 Å². The molecule has 0 N–H and O–H groups in total. The van der Waals surface area contributed by atoms with Crippen molar-refractivity contribution in [1.29, 1.82) is 0 Å². The number of aromatic nitrogens is 4. The zero-order valence-electron chi connectivity index (χ0n) is 33.0. The third-order valence-corrected chi connectivity index (χ3v) is 11.2. The van der Waals surface area contributed by atoms with Gasteiger partial charge in [-0.1, -0.05) is 188 Å². The molecule has 0 saturated carbocycles. The lowest BCUT2D eigenvalue weighted by atomic mass is 9.91. The molecule has 0 unspecified atom stereocenters. The van der Waals surface area contributed by atoms with Crippen molar-refractivity contribution in [2.45, 2.75) is 0 Å². The van der Waals surface area contributed by atoms with E-state index in [0.29, 0.717) is 11.6 Å². The molecule has 286 valence electrons. The van der Waals surface area contributed by atoms with Crippen molar-refractivity contribution in [3.05, 3.63) is 218 Å². The summed E-state index contributed by atoms with van der Waals surface area (Å²) in [5, 5.41) is 2.16. The number of nitrogens with zero attached hydrogens (tertiary/aromatic N) is 4. The first-order valence-corrected chi connectivity index (χ1v) is 20.4. The minimum Gasteiger partial charge on any atom is -0.456 e. The van der Waals surface area contributed by atoms with Gasteiger partial charge in [-0.25, -0.2) is 19.9 Å². The van der Waals surface area contributed by atoms with Crippen molar-refractivity contribution in [2.24, 2.45) is 0 Å². The van der Waals surface area contributed by atoms with Crippen molar-refractivity contribution < 1.29 is 4.42 Å². The van der Waals surface area contributed by atoms with E-state index < -0.39 is 0 Å². The molecule has 8 aromatic carbocycles. The van der Waals surface area contributed by atoms with Crippen LogP contribution in [0, 0.1) is 0 Å². The zero-order chi connectivity index (χ0) is 40.5. The average molecular weight is 781 g/mol. The highest BCUT2D eigenvalue weighted by Gasteiger charge is 2.17. The Morgan fingerprint density at radius 2 is 0.590 bits per heavy atom. The molecule has 0 spiro atoms. The highest BCUT2D eigenvalue weighted by molar-refractivity contribution is 6.09. The molecule has 0 radical (unpaired) electrons. The van der Waals surface area contributed by atoms with Gasteiger partial charge in [-0.05, 0) is 52.6 Å². The molecule has 11 aromatic rings. The third-order valence-electron chi connectivity index (χ3n) is 11.2. The van der Waals surface area contributed by atoms with E-state index in [4.69, 9.17) is 24.4 Å². The number of hydrogen-bond acceptors (Lipinski definition) is 5. The maximum absolute atomic E-state index is 6.45. The Morgan fingerprint density at radius 3 is 1.07 bits per heavy atom. The van der Waals surface area contributed by atoms with Crippen LogP contribution in [0.3, 0.4) is 0 Å². The summed E-state index contributed by atoms with van der Waals surface area (Å²) in [6.45, 7) is 0. The summed E-state index contributed by atoms with van der Waals surface area (Å²) < 4.78 is 6.45. The Bertz CT molecular complexity index is 3200. The first kappa shape index (κ1) is 35.8. The fraction of sp³-hybridized carbons (Fsp3) is 0. The number of fused-ring (bicyclic) bond motifs is 3. The van der Waals surface area contributed by atoms with Gasteiger partial charge in [-0.3, -0.25) is 0 Å². The van der Waals surface area contributed by atoms with Gasteiger partial charge < -0.3 is 4.42 Å². The van der Waals surface area contributed by atoms with Gasteiger partial charge in [0.05, 0.1) is 22.8 Å². The summed E-state index contributed by atoms with van der Waals surface area (Å²) in [6, 6.07) is 75.1. The predicted molar refractivity (Wildman–Crippen MR) is 248 cm³/mol. The normalized spacial score (nSPS) is 11.3. The van der Waals surface area contributed by atoms with Crippen molar-refractivity contribution in [2.75, 3.05) is 0 Å². The molecule has 5 heteroatoms. The predicted octanol–water partition coefficient (Wildman–Crippen LogP) is 14.5. The molecule has 0 bridgehead atoms. The maximum Gasteiger partial charge on any atom is 0.160 e. The van der Waals surface area contributed by atoms with Crippen molar-refractivity contribution in [3.63, 3.8) is 0 Å². The molecule has 61 heavy (non-hydrogen) atoms. The number of para-hydroxylation sites is 1. The summed E-state index contributed by atoms with van der Waals surface area (Å²) in [6.07, 6.45) is 0. The molecule has 3 aromatic heterocycles. The van der Waals surface area contributed by atoms with Crippen LogP contribution in [0.2, 0.25) is 0 Å². The number of benzene rings is 8. The first-order chi connectivity index (χ1) is 30.2. The minimum atomic E-state index is 0.672. The molecule has 0 fully saturated rings. The van der Waals surface area contributed by atoms with E-state index in [0.717, 1.165) is 100 Å². The van der Waals surface area contributed by atoms with Gasteiger partial charge in [-0.15, -0.1) is 0 Å². The van der Waals surface area contributed by atoms with Crippen LogP contribution in [-0.2, 0) is 0 Å². The van der Waals surface area contributed by atoms with Crippen LogP contribution in [-0.4, -0.2) is 19.9 Å². The van der Waals surface area contributed by atoms with Crippen LogP contribution in [0.15, 0.2) is 223 Å². The van der Waals surface area contributed by atoms with E-state index in [-0.39, 0.29) is 0 Å². The zero-order valence-corrected chi connectivity index (χ0v) is 33.0. The van der Waals surface area contributed by atoms with E-state index in [1.165, 1.54) is 0 Å². The lowest BCUT2D eigenvalue weighted by Gasteiger charge is -2.13. The van der Waals surface area contributed by atoms with Crippen LogP contribution in [0.25, 0.3) is 112 Å². The summed E-state index contributed by atoms with van der Waals surface area (Å²) in [5.41, 5.74) is 15.6. The molecular weight excluding hydrogens is 745 g/mol. The van der Waals surface area contributed by atoms with E-state index in [9.17, 15) is 0 Å². The lowest BCUT2D eigenvalue weighted by Crippen LogP contribution is -1.96. The topological polar surface area (TPSA) is 64.7 Å². The Balaban J connectivity index is 1.01. The molecule has 3 heterocycles. The summed E-state index contributed by atoms with van der Waals surface area (Å²) in [4.78, 5) is 20.2. The van der Waals surface area contributed by atoms with Gasteiger partial charge in [0.25, 0.3) is 0 Å². The van der Waals surface area contributed by atoms with E-state index in [2.05, 4.69) is 133 Å². The quantitative estimate of drug-likeness (QED) is 0.154. The van der Waals surface area contributed by atoms with Crippen molar-refractivity contribution in [1.82, 2.24) is 19.9 Å².